The van der Waals surface area contributed by atoms with Gasteiger partial charge in [-0.25, -0.2) is 0 Å². The topological polar surface area (TPSA) is 25.4 Å². The van der Waals surface area contributed by atoms with Crippen LogP contribution in [0.5, 0.6) is 0 Å². The molecule has 0 amide bonds. The van der Waals surface area contributed by atoms with Crippen LogP contribution in [-0.4, -0.2) is 30.3 Å². The number of morpholine rings is 1. The first-order chi connectivity index (χ1) is 8.36. The molecule has 0 spiro atoms. The molecule has 1 saturated heterocycles. The van der Waals surface area contributed by atoms with Gasteiger partial charge in [0.05, 0.1) is 12.2 Å². The van der Waals surface area contributed by atoms with Crippen LogP contribution in [0.1, 0.15) is 19.5 Å². The Kier molecular flexibility index (Phi) is 3.47. The quantitative estimate of drug-likeness (QED) is 0.776. The van der Waals surface area contributed by atoms with Crippen molar-refractivity contribution < 1.29 is 17.9 Å². The van der Waals surface area contributed by atoms with Crippen molar-refractivity contribution in [2.45, 2.75) is 32.2 Å². The lowest BCUT2D eigenvalue weighted by Crippen LogP contribution is -2.45. The van der Waals surface area contributed by atoms with Gasteiger partial charge < -0.3 is 9.64 Å². The zero-order valence-electron chi connectivity index (χ0n) is 10.2. The van der Waals surface area contributed by atoms with Crippen molar-refractivity contribution in [1.82, 2.24) is 4.98 Å². The summed E-state index contributed by atoms with van der Waals surface area (Å²) in [7, 11) is 0. The normalized spacial score (nSPS) is 25.3. The third-order valence-corrected chi connectivity index (χ3v) is 2.82. The highest BCUT2D eigenvalue weighted by Gasteiger charge is 2.33. The van der Waals surface area contributed by atoms with Gasteiger partial charge in [0.15, 0.2) is 0 Å². The number of ether oxygens (including phenoxy) is 1. The van der Waals surface area contributed by atoms with Crippen molar-refractivity contribution in [2.75, 3.05) is 18.0 Å². The minimum atomic E-state index is -4.40. The summed E-state index contributed by atoms with van der Waals surface area (Å²) in [6.45, 7) is 5.00. The number of rotatable bonds is 1. The van der Waals surface area contributed by atoms with Crippen LogP contribution in [0.25, 0.3) is 0 Å². The summed E-state index contributed by atoms with van der Waals surface area (Å²) in [6, 6.07) is 2.69. The second-order valence-corrected chi connectivity index (χ2v) is 4.56. The lowest BCUT2D eigenvalue weighted by Gasteiger charge is -2.36. The Morgan fingerprint density at radius 1 is 1.28 bits per heavy atom. The molecule has 2 heterocycles. The molecule has 0 radical (unpaired) electrons. The first kappa shape index (κ1) is 13.1. The van der Waals surface area contributed by atoms with Crippen LogP contribution in [0.4, 0.5) is 18.9 Å². The van der Waals surface area contributed by atoms with Crippen molar-refractivity contribution in [3.63, 3.8) is 0 Å². The Hall–Kier alpha value is -1.30. The molecule has 0 bridgehead atoms. The predicted molar refractivity (Wildman–Crippen MR) is 61.5 cm³/mol. The summed E-state index contributed by atoms with van der Waals surface area (Å²) in [5, 5.41) is 0. The Labute approximate surface area is 104 Å². The minimum Gasteiger partial charge on any atom is -0.372 e. The van der Waals surface area contributed by atoms with Gasteiger partial charge in [-0.1, -0.05) is 0 Å². The highest BCUT2D eigenvalue weighted by molar-refractivity contribution is 5.47. The number of anilines is 1. The number of nitrogens with zero attached hydrogens (tertiary/aromatic N) is 2. The number of alkyl halides is 3. The fourth-order valence-electron chi connectivity index (χ4n) is 2.16. The molecule has 100 valence electrons. The van der Waals surface area contributed by atoms with E-state index in [2.05, 4.69) is 4.98 Å². The monoisotopic (exact) mass is 260 g/mol. The van der Waals surface area contributed by atoms with Gasteiger partial charge in [-0.05, 0) is 26.0 Å². The van der Waals surface area contributed by atoms with E-state index in [1.165, 1.54) is 6.20 Å². The van der Waals surface area contributed by atoms with Crippen LogP contribution in [0.2, 0.25) is 0 Å². The molecule has 1 fully saturated rings. The fourth-order valence-corrected chi connectivity index (χ4v) is 2.16. The Morgan fingerprint density at radius 3 is 2.44 bits per heavy atom. The van der Waals surface area contributed by atoms with Crippen molar-refractivity contribution in [1.29, 1.82) is 0 Å². The third-order valence-electron chi connectivity index (χ3n) is 2.82. The van der Waals surface area contributed by atoms with Crippen LogP contribution in [0, 0.1) is 0 Å². The summed E-state index contributed by atoms with van der Waals surface area (Å²) >= 11 is 0. The summed E-state index contributed by atoms with van der Waals surface area (Å²) in [5.41, 5.74) is -0.314. The summed E-state index contributed by atoms with van der Waals surface area (Å²) in [6.07, 6.45) is -3.19. The van der Waals surface area contributed by atoms with E-state index < -0.39 is 11.9 Å². The number of hydrogen-bond acceptors (Lipinski definition) is 3. The molecule has 0 saturated carbocycles. The van der Waals surface area contributed by atoms with E-state index in [0.29, 0.717) is 18.8 Å². The molecule has 2 atom stereocenters. The average molecular weight is 260 g/mol. The largest absolute Gasteiger partial charge is 0.433 e. The standard InChI is InChI=1S/C12H15F3N2O/c1-8-6-17(7-9(2)18-8)10-3-4-16-11(5-10)12(13,14)15/h3-5,8-9H,6-7H2,1-2H3/t8-,9+. The molecule has 1 aliphatic rings. The number of pyridine rings is 1. The van der Waals surface area contributed by atoms with E-state index >= 15 is 0 Å². The van der Waals surface area contributed by atoms with E-state index in [9.17, 15) is 13.2 Å². The van der Waals surface area contributed by atoms with E-state index in [-0.39, 0.29) is 12.2 Å². The number of hydrogen-bond donors (Lipinski definition) is 0. The van der Waals surface area contributed by atoms with Crippen LogP contribution in [0.15, 0.2) is 18.3 Å². The highest BCUT2D eigenvalue weighted by atomic mass is 19.4. The van der Waals surface area contributed by atoms with Crippen molar-refractivity contribution in [3.8, 4) is 0 Å². The van der Waals surface area contributed by atoms with Gasteiger partial charge in [-0.2, -0.15) is 13.2 Å². The molecule has 0 N–H and O–H groups in total. The van der Waals surface area contributed by atoms with Gasteiger partial charge in [0.25, 0.3) is 0 Å². The van der Waals surface area contributed by atoms with Crippen LogP contribution < -0.4 is 4.90 Å². The number of aromatic nitrogens is 1. The first-order valence-corrected chi connectivity index (χ1v) is 5.80. The molecule has 2 rings (SSSR count). The van der Waals surface area contributed by atoms with Crippen molar-refractivity contribution in [3.05, 3.63) is 24.0 Å². The molecule has 1 aromatic rings. The molecular weight excluding hydrogens is 245 g/mol. The first-order valence-electron chi connectivity index (χ1n) is 5.80. The van der Waals surface area contributed by atoms with E-state index in [1.54, 1.807) is 6.07 Å². The smallest absolute Gasteiger partial charge is 0.372 e. The molecular formula is C12H15F3N2O. The average Bonchev–Trinajstić information content (AvgIpc) is 2.27. The Balaban J connectivity index is 2.23. The fraction of sp³-hybridized carbons (Fsp3) is 0.583. The van der Waals surface area contributed by atoms with Crippen LogP contribution in [0.3, 0.4) is 0 Å². The van der Waals surface area contributed by atoms with E-state index in [1.807, 2.05) is 18.7 Å². The van der Waals surface area contributed by atoms with Crippen LogP contribution >= 0.6 is 0 Å². The summed E-state index contributed by atoms with van der Waals surface area (Å²) in [5.74, 6) is 0. The zero-order chi connectivity index (χ0) is 13.3. The molecule has 0 unspecified atom stereocenters. The Bertz CT molecular complexity index is 412. The maximum absolute atomic E-state index is 12.6. The molecule has 0 aromatic carbocycles. The maximum Gasteiger partial charge on any atom is 0.433 e. The third kappa shape index (κ3) is 2.93. The minimum absolute atomic E-state index is 0.0104. The van der Waals surface area contributed by atoms with Crippen molar-refractivity contribution in [2.24, 2.45) is 0 Å². The van der Waals surface area contributed by atoms with Crippen molar-refractivity contribution >= 4 is 5.69 Å². The van der Waals surface area contributed by atoms with Gasteiger partial charge >= 0.3 is 6.18 Å². The molecule has 1 aromatic heterocycles. The lowest BCUT2D eigenvalue weighted by molar-refractivity contribution is -0.141. The molecule has 3 nitrogen and oxygen atoms in total. The molecule has 6 heteroatoms. The van der Waals surface area contributed by atoms with E-state index in [4.69, 9.17) is 4.74 Å². The van der Waals surface area contributed by atoms with E-state index in [0.717, 1.165) is 6.07 Å². The van der Waals surface area contributed by atoms with Gasteiger partial charge in [0, 0.05) is 25.0 Å². The van der Waals surface area contributed by atoms with Gasteiger partial charge in [0.2, 0.25) is 0 Å². The second-order valence-electron chi connectivity index (χ2n) is 4.56. The predicted octanol–water partition coefficient (Wildman–Crippen LogP) is 2.71. The summed E-state index contributed by atoms with van der Waals surface area (Å²) < 4.78 is 43.3. The zero-order valence-corrected chi connectivity index (χ0v) is 10.2. The number of halogens is 3. The second kappa shape index (κ2) is 4.76. The maximum atomic E-state index is 12.6. The lowest BCUT2D eigenvalue weighted by atomic mass is 10.2. The molecule has 0 aliphatic carbocycles. The molecule has 18 heavy (non-hydrogen) atoms. The van der Waals surface area contributed by atoms with Gasteiger partial charge in [-0.3, -0.25) is 4.98 Å². The Morgan fingerprint density at radius 2 is 1.89 bits per heavy atom. The van der Waals surface area contributed by atoms with Gasteiger partial charge in [-0.15, -0.1) is 0 Å². The van der Waals surface area contributed by atoms with Gasteiger partial charge in [0.1, 0.15) is 5.69 Å². The molecule has 1 aliphatic heterocycles. The summed E-state index contributed by atoms with van der Waals surface area (Å²) in [4.78, 5) is 5.26. The SMILES string of the molecule is C[C@@H]1CN(c2ccnc(C(F)(F)F)c2)C[C@H](C)O1. The van der Waals surface area contributed by atoms with Crippen LogP contribution in [-0.2, 0) is 10.9 Å². The highest BCUT2D eigenvalue weighted by Crippen LogP contribution is 2.30.